The van der Waals surface area contributed by atoms with E-state index in [9.17, 15) is 5.11 Å². The largest absolute Gasteiger partial charge is 0.390 e. The van der Waals surface area contributed by atoms with Crippen LogP contribution in [-0.4, -0.2) is 67.3 Å². The molecule has 0 saturated carbocycles. The number of rotatable bonds is 6. The van der Waals surface area contributed by atoms with Crippen LogP contribution < -0.4 is 5.32 Å². The van der Waals surface area contributed by atoms with Crippen molar-refractivity contribution in [3.05, 3.63) is 35.4 Å². The highest BCUT2D eigenvalue weighted by molar-refractivity contribution is 5.25. The van der Waals surface area contributed by atoms with Crippen LogP contribution in [0, 0.1) is 6.92 Å². The van der Waals surface area contributed by atoms with Crippen molar-refractivity contribution in [1.82, 2.24) is 15.1 Å². The molecule has 4 heteroatoms. The maximum Gasteiger partial charge on any atom is 0.0793 e. The molecule has 1 aromatic carbocycles. The summed E-state index contributed by atoms with van der Waals surface area (Å²) in [5, 5.41) is 13.5. The average molecular weight is 277 g/mol. The van der Waals surface area contributed by atoms with Crippen molar-refractivity contribution in [3.8, 4) is 0 Å². The molecule has 0 aromatic heterocycles. The molecule has 2 N–H and O–H groups in total. The van der Waals surface area contributed by atoms with E-state index < -0.39 is 0 Å². The number of aliphatic hydroxyl groups excluding tert-OH is 1. The second kappa shape index (κ2) is 7.74. The molecule has 1 aliphatic heterocycles. The summed E-state index contributed by atoms with van der Waals surface area (Å²) in [4.78, 5) is 4.54. The van der Waals surface area contributed by atoms with Gasteiger partial charge in [-0.3, -0.25) is 9.80 Å². The molecule has 1 saturated heterocycles. The van der Waals surface area contributed by atoms with Crippen LogP contribution in [0.2, 0.25) is 0 Å². The molecule has 20 heavy (non-hydrogen) atoms. The van der Waals surface area contributed by atoms with Crippen LogP contribution in [0.5, 0.6) is 0 Å². The Kier molecular flexibility index (Phi) is 5.98. The van der Waals surface area contributed by atoms with Crippen LogP contribution in [0.25, 0.3) is 0 Å². The first-order chi connectivity index (χ1) is 9.65. The highest BCUT2D eigenvalue weighted by atomic mass is 16.3. The number of hydrogen-bond acceptors (Lipinski definition) is 4. The van der Waals surface area contributed by atoms with Crippen LogP contribution in [0.1, 0.15) is 11.1 Å². The fraction of sp³-hybridized carbons (Fsp3) is 0.625. The van der Waals surface area contributed by atoms with Crippen molar-refractivity contribution in [2.75, 3.05) is 46.3 Å². The Hall–Kier alpha value is -0.940. The van der Waals surface area contributed by atoms with Crippen molar-refractivity contribution < 1.29 is 5.11 Å². The maximum absolute atomic E-state index is 10.2. The van der Waals surface area contributed by atoms with Crippen LogP contribution in [0.4, 0.5) is 0 Å². The van der Waals surface area contributed by atoms with Crippen LogP contribution in [0.15, 0.2) is 24.3 Å². The summed E-state index contributed by atoms with van der Waals surface area (Å²) in [6.45, 7) is 8.68. The molecule has 0 spiro atoms. The van der Waals surface area contributed by atoms with Gasteiger partial charge in [0.15, 0.2) is 0 Å². The first kappa shape index (κ1) is 15.4. The fourth-order valence-corrected chi connectivity index (χ4v) is 2.75. The molecule has 4 nitrogen and oxygen atoms in total. The van der Waals surface area contributed by atoms with Gasteiger partial charge in [-0.15, -0.1) is 0 Å². The van der Waals surface area contributed by atoms with E-state index in [-0.39, 0.29) is 6.10 Å². The first-order valence-electron chi connectivity index (χ1n) is 7.49. The number of nitrogens with one attached hydrogen (secondary N) is 1. The van der Waals surface area contributed by atoms with Crippen LogP contribution in [-0.2, 0) is 6.54 Å². The Balaban J connectivity index is 1.75. The molecule has 1 aliphatic rings. The summed E-state index contributed by atoms with van der Waals surface area (Å²) in [6, 6.07) is 8.44. The van der Waals surface area contributed by atoms with Crippen molar-refractivity contribution in [3.63, 3.8) is 0 Å². The molecule has 1 unspecified atom stereocenters. The molecule has 1 atom stereocenters. The highest BCUT2D eigenvalue weighted by Crippen LogP contribution is 2.09. The average Bonchev–Trinajstić information content (AvgIpc) is 2.42. The standard InChI is InChI=1S/C16H27N3O/c1-14-5-3-4-6-15(14)11-18(2)12-16(20)13-19-9-7-17-8-10-19/h3-6,16-17,20H,7-13H2,1-2H3. The highest BCUT2D eigenvalue weighted by Gasteiger charge is 2.15. The number of nitrogens with zero attached hydrogens (tertiary/aromatic N) is 2. The van der Waals surface area contributed by atoms with Gasteiger partial charge in [0.05, 0.1) is 6.10 Å². The molecule has 0 bridgehead atoms. The Labute approximate surface area is 122 Å². The number of likely N-dealkylation sites (N-methyl/N-ethyl adjacent to an activating group) is 1. The summed E-state index contributed by atoms with van der Waals surface area (Å²) in [6.07, 6.45) is -0.276. The van der Waals surface area contributed by atoms with E-state index in [0.717, 1.165) is 45.8 Å². The quantitative estimate of drug-likeness (QED) is 0.802. The van der Waals surface area contributed by atoms with Gasteiger partial charge in [-0.2, -0.15) is 0 Å². The minimum absolute atomic E-state index is 0.276. The lowest BCUT2D eigenvalue weighted by molar-refractivity contribution is 0.0751. The molecule has 1 fully saturated rings. The lowest BCUT2D eigenvalue weighted by Crippen LogP contribution is -2.48. The molecular weight excluding hydrogens is 250 g/mol. The zero-order chi connectivity index (χ0) is 14.4. The Morgan fingerprint density at radius 2 is 2.00 bits per heavy atom. The van der Waals surface area contributed by atoms with E-state index >= 15 is 0 Å². The van der Waals surface area contributed by atoms with Gasteiger partial charge in [0.25, 0.3) is 0 Å². The number of aliphatic hydroxyl groups is 1. The normalized spacial score (nSPS) is 18.4. The third-order valence-corrected chi connectivity index (χ3v) is 3.90. The maximum atomic E-state index is 10.2. The lowest BCUT2D eigenvalue weighted by Gasteiger charge is -2.30. The molecule has 1 heterocycles. The van der Waals surface area contributed by atoms with Crippen molar-refractivity contribution in [2.24, 2.45) is 0 Å². The third kappa shape index (κ3) is 4.87. The monoisotopic (exact) mass is 277 g/mol. The van der Waals surface area contributed by atoms with Gasteiger partial charge in [-0.05, 0) is 25.1 Å². The van der Waals surface area contributed by atoms with E-state index in [1.807, 2.05) is 0 Å². The summed E-state index contributed by atoms with van der Waals surface area (Å²) in [7, 11) is 2.08. The zero-order valence-corrected chi connectivity index (χ0v) is 12.7. The fourth-order valence-electron chi connectivity index (χ4n) is 2.75. The van der Waals surface area contributed by atoms with Gasteiger partial charge in [0.1, 0.15) is 0 Å². The minimum Gasteiger partial charge on any atom is -0.390 e. The van der Waals surface area contributed by atoms with Gasteiger partial charge in [0.2, 0.25) is 0 Å². The second-order valence-electron chi connectivity index (χ2n) is 5.83. The summed E-state index contributed by atoms with van der Waals surface area (Å²) in [5.41, 5.74) is 2.65. The van der Waals surface area contributed by atoms with Gasteiger partial charge in [0, 0.05) is 45.8 Å². The van der Waals surface area contributed by atoms with E-state index in [0.29, 0.717) is 0 Å². The summed E-state index contributed by atoms with van der Waals surface area (Å²) >= 11 is 0. The molecule has 112 valence electrons. The number of benzene rings is 1. The third-order valence-electron chi connectivity index (χ3n) is 3.90. The van der Waals surface area contributed by atoms with Gasteiger partial charge in [-0.1, -0.05) is 24.3 Å². The van der Waals surface area contributed by atoms with E-state index in [2.05, 4.69) is 53.4 Å². The Morgan fingerprint density at radius 3 is 2.70 bits per heavy atom. The van der Waals surface area contributed by atoms with Crippen molar-refractivity contribution in [2.45, 2.75) is 19.6 Å². The Bertz CT molecular complexity index is 404. The lowest BCUT2D eigenvalue weighted by atomic mass is 10.1. The van der Waals surface area contributed by atoms with Gasteiger partial charge in [-0.25, -0.2) is 0 Å². The van der Waals surface area contributed by atoms with Gasteiger partial charge < -0.3 is 10.4 Å². The molecule has 0 aliphatic carbocycles. The molecule has 2 rings (SSSR count). The second-order valence-corrected chi connectivity index (χ2v) is 5.83. The SMILES string of the molecule is Cc1ccccc1CN(C)CC(O)CN1CCNCC1. The Morgan fingerprint density at radius 1 is 1.30 bits per heavy atom. The first-order valence-corrected chi connectivity index (χ1v) is 7.49. The van der Waals surface area contributed by atoms with Crippen LogP contribution in [0.3, 0.4) is 0 Å². The number of piperazine rings is 1. The predicted octanol–water partition coefficient (Wildman–Crippen LogP) is 0.693. The topological polar surface area (TPSA) is 38.7 Å². The van der Waals surface area contributed by atoms with Crippen LogP contribution >= 0.6 is 0 Å². The van der Waals surface area contributed by atoms with E-state index in [4.69, 9.17) is 0 Å². The summed E-state index contributed by atoms with van der Waals surface area (Å²) in [5.74, 6) is 0. The van der Waals surface area contributed by atoms with Crippen molar-refractivity contribution >= 4 is 0 Å². The molecule has 0 amide bonds. The zero-order valence-electron chi connectivity index (χ0n) is 12.7. The molecule has 0 radical (unpaired) electrons. The van der Waals surface area contributed by atoms with Gasteiger partial charge >= 0.3 is 0 Å². The summed E-state index contributed by atoms with van der Waals surface area (Å²) < 4.78 is 0. The number of hydrogen-bond donors (Lipinski definition) is 2. The number of aryl methyl sites for hydroxylation is 1. The van der Waals surface area contributed by atoms with E-state index in [1.54, 1.807) is 0 Å². The smallest absolute Gasteiger partial charge is 0.0793 e. The van der Waals surface area contributed by atoms with E-state index in [1.165, 1.54) is 11.1 Å². The molecule has 1 aromatic rings. The predicted molar refractivity (Wildman–Crippen MR) is 82.8 cm³/mol. The minimum atomic E-state index is -0.276. The molecular formula is C16H27N3O. The number of β-amino-alcohol motifs (C(OH)–C–C–N with tert-alkyl or cyclic N) is 1. The van der Waals surface area contributed by atoms with Crippen molar-refractivity contribution in [1.29, 1.82) is 0 Å².